The number of nitrogens with two attached hydrogens (primary N) is 1. The maximum atomic E-state index is 13.8. The molecule has 0 bridgehead atoms. The van der Waals surface area contributed by atoms with Crippen molar-refractivity contribution in [3.05, 3.63) is 29.6 Å². The lowest BCUT2D eigenvalue weighted by Crippen LogP contribution is -2.26. The summed E-state index contributed by atoms with van der Waals surface area (Å²) in [6.07, 6.45) is 1.65. The molecule has 2 rings (SSSR count). The highest BCUT2D eigenvalue weighted by molar-refractivity contribution is 5.33. The van der Waals surface area contributed by atoms with Crippen LogP contribution in [0.25, 0.3) is 0 Å². The molecule has 0 aliphatic heterocycles. The standard InChI is InChI=1S/C12H16FNO2/c1-16-9-2-3-10(11(13)6-9)12(15)5-4-8(14)7-12/h2-3,6,8,15H,4-5,7,14H2,1H3. The van der Waals surface area contributed by atoms with Crippen LogP contribution in [-0.4, -0.2) is 18.3 Å². The molecule has 1 aliphatic rings. The van der Waals surface area contributed by atoms with E-state index in [-0.39, 0.29) is 6.04 Å². The fraction of sp³-hybridized carbons (Fsp3) is 0.500. The third-order valence-electron chi connectivity index (χ3n) is 3.21. The van der Waals surface area contributed by atoms with Crippen LogP contribution in [0.3, 0.4) is 0 Å². The summed E-state index contributed by atoms with van der Waals surface area (Å²) in [6.45, 7) is 0. The normalized spacial score (nSPS) is 29.4. The minimum atomic E-state index is -1.12. The molecule has 0 amide bonds. The van der Waals surface area contributed by atoms with E-state index in [2.05, 4.69) is 0 Å². The number of aliphatic hydroxyl groups is 1. The van der Waals surface area contributed by atoms with Gasteiger partial charge in [-0.2, -0.15) is 0 Å². The number of benzene rings is 1. The second-order valence-electron chi connectivity index (χ2n) is 4.38. The van der Waals surface area contributed by atoms with Crippen molar-refractivity contribution in [2.75, 3.05) is 7.11 Å². The smallest absolute Gasteiger partial charge is 0.132 e. The molecule has 3 N–H and O–H groups in total. The van der Waals surface area contributed by atoms with Crippen LogP contribution < -0.4 is 10.5 Å². The van der Waals surface area contributed by atoms with Crippen molar-refractivity contribution >= 4 is 0 Å². The van der Waals surface area contributed by atoms with Gasteiger partial charge in [-0.05, 0) is 31.4 Å². The largest absolute Gasteiger partial charge is 0.497 e. The van der Waals surface area contributed by atoms with Crippen molar-refractivity contribution < 1.29 is 14.2 Å². The van der Waals surface area contributed by atoms with Crippen molar-refractivity contribution in [2.24, 2.45) is 5.73 Å². The zero-order chi connectivity index (χ0) is 11.8. The second-order valence-corrected chi connectivity index (χ2v) is 4.38. The predicted octanol–water partition coefficient (Wildman–Crippen LogP) is 1.53. The zero-order valence-corrected chi connectivity index (χ0v) is 9.24. The van der Waals surface area contributed by atoms with Gasteiger partial charge in [0.2, 0.25) is 0 Å². The van der Waals surface area contributed by atoms with Crippen LogP contribution in [0.15, 0.2) is 18.2 Å². The molecule has 16 heavy (non-hydrogen) atoms. The van der Waals surface area contributed by atoms with Gasteiger partial charge in [-0.15, -0.1) is 0 Å². The van der Waals surface area contributed by atoms with Crippen LogP contribution in [0.1, 0.15) is 24.8 Å². The van der Waals surface area contributed by atoms with E-state index in [1.54, 1.807) is 12.1 Å². The molecular weight excluding hydrogens is 209 g/mol. The van der Waals surface area contributed by atoms with E-state index in [9.17, 15) is 9.50 Å². The third-order valence-corrected chi connectivity index (χ3v) is 3.21. The molecule has 3 nitrogen and oxygen atoms in total. The first-order valence-corrected chi connectivity index (χ1v) is 5.37. The van der Waals surface area contributed by atoms with Gasteiger partial charge in [-0.1, -0.05) is 0 Å². The Bertz CT molecular complexity index is 397. The van der Waals surface area contributed by atoms with Gasteiger partial charge in [0.15, 0.2) is 0 Å². The minimum absolute atomic E-state index is 0.0495. The van der Waals surface area contributed by atoms with E-state index < -0.39 is 11.4 Å². The van der Waals surface area contributed by atoms with E-state index in [1.165, 1.54) is 13.2 Å². The number of hydrogen-bond donors (Lipinski definition) is 2. The van der Waals surface area contributed by atoms with E-state index >= 15 is 0 Å². The van der Waals surface area contributed by atoms with Crippen LogP contribution >= 0.6 is 0 Å². The van der Waals surface area contributed by atoms with Gasteiger partial charge in [-0.25, -0.2) is 4.39 Å². The van der Waals surface area contributed by atoms with Crippen LogP contribution in [0.2, 0.25) is 0 Å². The lowest BCUT2D eigenvalue weighted by atomic mass is 9.91. The summed E-state index contributed by atoms with van der Waals surface area (Å²) in [5.74, 6) is 0.0168. The maximum Gasteiger partial charge on any atom is 0.132 e. The van der Waals surface area contributed by atoms with Crippen molar-refractivity contribution in [1.29, 1.82) is 0 Å². The summed E-state index contributed by atoms with van der Waals surface area (Å²) in [4.78, 5) is 0. The van der Waals surface area contributed by atoms with E-state index in [0.717, 1.165) is 6.42 Å². The van der Waals surface area contributed by atoms with Gasteiger partial charge in [-0.3, -0.25) is 0 Å². The van der Waals surface area contributed by atoms with Crippen molar-refractivity contribution in [3.8, 4) is 5.75 Å². The fourth-order valence-corrected chi connectivity index (χ4v) is 2.31. The predicted molar refractivity (Wildman–Crippen MR) is 58.7 cm³/mol. The minimum Gasteiger partial charge on any atom is -0.497 e. The number of rotatable bonds is 2. The quantitative estimate of drug-likeness (QED) is 0.802. The monoisotopic (exact) mass is 225 g/mol. The highest BCUT2D eigenvalue weighted by Crippen LogP contribution is 2.39. The Hall–Kier alpha value is -1.13. The van der Waals surface area contributed by atoms with Gasteiger partial charge in [0, 0.05) is 17.7 Å². The highest BCUT2D eigenvalue weighted by Gasteiger charge is 2.39. The third kappa shape index (κ3) is 1.90. The Morgan fingerprint density at radius 2 is 2.31 bits per heavy atom. The average Bonchev–Trinajstić information content (AvgIpc) is 2.59. The summed E-state index contributed by atoms with van der Waals surface area (Å²) in [5.41, 5.74) is 4.95. The Morgan fingerprint density at radius 1 is 1.56 bits per heavy atom. The van der Waals surface area contributed by atoms with Crippen molar-refractivity contribution in [3.63, 3.8) is 0 Å². The molecule has 1 fully saturated rings. The first-order valence-electron chi connectivity index (χ1n) is 5.37. The van der Waals surface area contributed by atoms with Crippen molar-refractivity contribution in [2.45, 2.75) is 30.9 Å². The van der Waals surface area contributed by atoms with Crippen molar-refractivity contribution in [1.82, 2.24) is 0 Å². The molecular formula is C12H16FNO2. The molecule has 1 aliphatic carbocycles. The lowest BCUT2D eigenvalue weighted by molar-refractivity contribution is 0.0393. The maximum absolute atomic E-state index is 13.8. The molecule has 0 aromatic heterocycles. The Labute approximate surface area is 94.0 Å². The SMILES string of the molecule is COc1ccc(C2(O)CCC(N)C2)c(F)c1. The first-order chi connectivity index (χ1) is 7.55. The molecule has 2 atom stereocenters. The Morgan fingerprint density at radius 3 is 2.81 bits per heavy atom. The number of hydrogen-bond acceptors (Lipinski definition) is 3. The summed E-state index contributed by atoms with van der Waals surface area (Å²) in [6, 6.07) is 4.47. The molecule has 0 heterocycles. The number of ether oxygens (including phenoxy) is 1. The highest BCUT2D eigenvalue weighted by atomic mass is 19.1. The Kier molecular flexibility index (Phi) is 2.86. The summed E-state index contributed by atoms with van der Waals surface area (Å²) >= 11 is 0. The molecule has 1 saturated carbocycles. The van der Waals surface area contributed by atoms with E-state index in [1.807, 2.05) is 0 Å². The van der Waals surface area contributed by atoms with Gasteiger partial charge < -0.3 is 15.6 Å². The molecule has 0 radical (unpaired) electrons. The van der Waals surface area contributed by atoms with Crippen LogP contribution in [-0.2, 0) is 5.60 Å². The van der Waals surface area contributed by atoms with Gasteiger partial charge >= 0.3 is 0 Å². The van der Waals surface area contributed by atoms with E-state index in [0.29, 0.717) is 24.2 Å². The number of methoxy groups -OCH3 is 1. The molecule has 88 valence electrons. The second kappa shape index (κ2) is 4.03. The lowest BCUT2D eigenvalue weighted by Gasteiger charge is -2.23. The Balaban J connectivity index is 2.33. The molecule has 0 spiro atoms. The molecule has 0 saturated heterocycles. The fourth-order valence-electron chi connectivity index (χ4n) is 2.31. The van der Waals surface area contributed by atoms with Gasteiger partial charge in [0.25, 0.3) is 0 Å². The van der Waals surface area contributed by atoms with E-state index in [4.69, 9.17) is 10.5 Å². The van der Waals surface area contributed by atoms with Crippen LogP contribution in [0, 0.1) is 5.82 Å². The van der Waals surface area contributed by atoms with Gasteiger partial charge in [0.05, 0.1) is 12.7 Å². The topological polar surface area (TPSA) is 55.5 Å². The summed E-state index contributed by atoms with van der Waals surface area (Å²) in [7, 11) is 1.48. The summed E-state index contributed by atoms with van der Waals surface area (Å²) < 4.78 is 18.7. The van der Waals surface area contributed by atoms with Gasteiger partial charge in [0.1, 0.15) is 11.6 Å². The molecule has 4 heteroatoms. The van der Waals surface area contributed by atoms with Crippen LogP contribution in [0.4, 0.5) is 4.39 Å². The summed E-state index contributed by atoms with van der Waals surface area (Å²) in [5, 5.41) is 10.3. The molecule has 1 aromatic carbocycles. The number of halogens is 1. The first kappa shape index (κ1) is 11.4. The zero-order valence-electron chi connectivity index (χ0n) is 9.24. The molecule has 2 unspecified atom stereocenters. The molecule has 1 aromatic rings. The average molecular weight is 225 g/mol. The van der Waals surface area contributed by atoms with Crippen LogP contribution in [0.5, 0.6) is 5.75 Å².